The van der Waals surface area contributed by atoms with Crippen LogP contribution in [-0.2, 0) is 4.79 Å². The second kappa shape index (κ2) is 7.94. The minimum absolute atomic E-state index is 0.153. The quantitative estimate of drug-likeness (QED) is 0.739. The highest BCUT2D eigenvalue weighted by Gasteiger charge is 2.11. The highest BCUT2D eigenvalue weighted by molar-refractivity contribution is 5.78. The van der Waals surface area contributed by atoms with Crippen molar-refractivity contribution >= 4 is 5.91 Å². The standard InChI is InChI=1S/C19H17N5O2/c1-14(15-6-8-17(9-7-15)24-11-10-21-23-24)22-19(25)13-26-18-5-3-2-4-16(18)12-20/h2-11,14H,13H2,1H3,(H,22,25). The SMILES string of the molecule is CC(NC(=O)COc1ccccc1C#N)c1ccc(-n2ccnn2)cc1. The van der Waals surface area contributed by atoms with Crippen molar-refractivity contribution in [2.24, 2.45) is 0 Å². The molecule has 0 fully saturated rings. The van der Waals surface area contributed by atoms with Gasteiger partial charge in [-0.15, -0.1) is 5.10 Å². The van der Waals surface area contributed by atoms with Crippen LogP contribution in [0.15, 0.2) is 60.9 Å². The van der Waals surface area contributed by atoms with Gasteiger partial charge in [0.05, 0.1) is 29.7 Å². The molecular weight excluding hydrogens is 330 g/mol. The fourth-order valence-electron chi connectivity index (χ4n) is 2.46. The molecule has 0 bridgehead atoms. The summed E-state index contributed by atoms with van der Waals surface area (Å²) in [4.78, 5) is 12.1. The van der Waals surface area contributed by atoms with E-state index in [-0.39, 0.29) is 18.6 Å². The monoisotopic (exact) mass is 347 g/mol. The number of nitriles is 1. The number of aromatic nitrogens is 3. The molecule has 1 atom stereocenters. The van der Waals surface area contributed by atoms with E-state index in [9.17, 15) is 4.79 Å². The molecule has 26 heavy (non-hydrogen) atoms. The van der Waals surface area contributed by atoms with E-state index >= 15 is 0 Å². The Hall–Kier alpha value is -3.66. The van der Waals surface area contributed by atoms with Crippen LogP contribution in [0.25, 0.3) is 5.69 Å². The average molecular weight is 347 g/mol. The molecule has 0 aliphatic heterocycles. The van der Waals surface area contributed by atoms with Gasteiger partial charge in [0.1, 0.15) is 11.8 Å². The highest BCUT2D eigenvalue weighted by atomic mass is 16.5. The number of hydrogen-bond donors (Lipinski definition) is 1. The topological polar surface area (TPSA) is 92.8 Å². The number of carbonyl (C=O) groups excluding carboxylic acids is 1. The van der Waals surface area contributed by atoms with E-state index in [4.69, 9.17) is 10.00 Å². The lowest BCUT2D eigenvalue weighted by atomic mass is 10.1. The van der Waals surface area contributed by atoms with Crippen molar-refractivity contribution in [2.75, 3.05) is 6.61 Å². The predicted molar refractivity (Wildman–Crippen MR) is 94.6 cm³/mol. The van der Waals surface area contributed by atoms with E-state index in [1.54, 1.807) is 41.3 Å². The molecule has 1 amide bonds. The molecule has 3 aromatic rings. The highest BCUT2D eigenvalue weighted by Crippen LogP contribution is 2.17. The molecule has 0 aliphatic carbocycles. The Labute approximate surface area is 150 Å². The number of carbonyl (C=O) groups is 1. The molecule has 130 valence electrons. The van der Waals surface area contributed by atoms with Crippen LogP contribution in [0.3, 0.4) is 0 Å². The maximum atomic E-state index is 12.1. The largest absolute Gasteiger partial charge is 0.482 e. The van der Waals surface area contributed by atoms with Crippen molar-refractivity contribution in [3.05, 3.63) is 72.1 Å². The average Bonchev–Trinajstić information content (AvgIpc) is 3.21. The number of benzene rings is 2. The Morgan fingerprint density at radius 1 is 1.27 bits per heavy atom. The van der Waals surface area contributed by atoms with E-state index < -0.39 is 0 Å². The lowest BCUT2D eigenvalue weighted by molar-refractivity contribution is -0.123. The number of ether oxygens (including phenoxy) is 1. The Morgan fingerprint density at radius 2 is 2.04 bits per heavy atom. The number of para-hydroxylation sites is 1. The zero-order chi connectivity index (χ0) is 18.4. The number of hydrogen-bond acceptors (Lipinski definition) is 5. The van der Waals surface area contributed by atoms with Crippen LogP contribution in [0.5, 0.6) is 5.75 Å². The van der Waals surface area contributed by atoms with Crippen LogP contribution >= 0.6 is 0 Å². The number of rotatable bonds is 6. The molecule has 0 spiro atoms. The third-order valence-corrected chi connectivity index (χ3v) is 3.82. The Kier molecular flexibility index (Phi) is 5.25. The van der Waals surface area contributed by atoms with Gasteiger partial charge in [-0.25, -0.2) is 4.68 Å². The van der Waals surface area contributed by atoms with Crippen LogP contribution in [0.4, 0.5) is 0 Å². The third kappa shape index (κ3) is 4.05. The normalized spacial score (nSPS) is 11.4. The van der Waals surface area contributed by atoms with Gasteiger partial charge in [-0.1, -0.05) is 29.5 Å². The van der Waals surface area contributed by atoms with E-state index in [0.29, 0.717) is 11.3 Å². The second-order valence-corrected chi connectivity index (χ2v) is 5.62. The summed E-state index contributed by atoms with van der Waals surface area (Å²) in [5.41, 5.74) is 2.25. The summed E-state index contributed by atoms with van der Waals surface area (Å²) in [7, 11) is 0. The summed E-state index contributed by atoms with van der Waals surface area (Å²) >= 11 is 0. The molecule has 0 aliphatic rings. The van der Waals surface area contributed by atoms with Gasteiger partial charge >= 0.3 is 0 Å². The molecule has 0 saturated heterocycles. The Balaban J connectivity index is 1.56. The van der Waals surface area contributed by atoms with Crippen LogP contribution < -0.4 is 10.1 Å². The van der Waals surface area contributed by atoms with E-state index in [2.05, 4.69) is 15.6 Å². The lowest BCUT2D eigenvalue weighted by Crippen LogP contribution is -2.31. The number of nitrogens with one attached hydrogen (secondary N) is 1. The summed E-state index contributed by atoms with van der Waals surface area (Å²) in [6.45, 7) is 1.74. The maximum Gasteiger partial charge on any atom is 0.258 e. The fourth-order valence-corrected chi connectivity index (χ4v) is 2.46. The van der Waals surface area contributed by atoms with Gasteiger partial charge in [0, 0.05) is 0 Å². The molecule has 0 saturated carbocycles. The van der Waals surface area contributed by atoms with Gasteiger partial charge in [-0.2, -0.15) is 5.26 Å². The van der Waals surface area contributed by atoms with Gasteiger partial charge < -0.3 is 10.1 Å². The maximum absolute atomic E-state index is 12.1. The first-order valence-electron chi connectivity index (χ1n) is 8.05. The molecule has 1 unspecified atom stereocenters. The molecule has 3 rings (SSSR count). The molecule has 7 nitrogen and oxygen atoms in total. The van der Waals surface area contributed by atoms with E-state index in [1.807, 2.05) is 37.3 Å². The van der Waals surface area contributed by atoms with Crippen molar-refractivity contribution in [1.29, 1.82) is 5.26 Å². The zero-order valence-corrected chi connectivity index (χ0v) is 14.2. The van der Waals surface area contributed by atoms with Gasteiger partial charge in [-0.05, 0) is 36.8 Å². The molecule has 2 aromatic carbocycles. The first-order chi connectivity index (χ1) is 12.7. The van der Waals surface area contributed by atoms with Gasteiger partial charge in [0.15, 0.2) is 6.61 Å². The second-order valence-electron chi connectivity index (χ2n) is 5.62. The number of amides is 1. The van der Waals surface area contributed by atoms with Crippen molar-refractivity contribution in [2.45, 2.75) is 13.0 Å². The van der Waals surface area contributed by atoms with Gasteiger partial charge in [-0.3, -0.25) is 4.79 Å². The predicted octanol–water partition coefficient (Wildman–Crippen LogP) is 2.40. The first-order valence-corrected chi connectivity index (χ1v) is 8.05. The summed E-state index contributed by atoms with van der Waals surface area (Å²) in [5.74, 6) is 0.139. The molecule has 1 heterocycles. The molecular formula is C19H17N5O2. The van der Waals surface area contributed by atoms with Crippen LogP contribution in [0.1, 0.15) is 24.1 Å². The van der Waals surface area contributed by atoms with Crippen molar-refractivity contribution < 1.29 is 9.53 Å². The third-order valence-electron chi connectivity index (χ3n) is 3.82. The fraction of sp³-hybridized carbons (Fsp3) is 0.158. The zero-order valence-electron chi connectivity index (χ0n) is 14.2. The van der Waals surface area contributed by atoms with E-state index in [0.717, 1.165) is 11.3 Å². The van der Waals surface area contributed by atoms with Crippen LogP contribution in [0, 0.1) is 11.3 Å². The summed E-state index contributed by atoms with van der Waals surface area (Å²) in [6, 6.07) is 16.3. The Bertz CT molecular complexity index is 914. The van der Waals surface area contributed by atoms with Crippen LogP contribution in [0.2, 0.25) is 0 Å². The molecule has 1 aromatic heterocycles. The molecule has 1 N–H and O–H groups in total. The summed E-state index contributed by atoms with van der Waals surface area (Å²) < 4.78 is 7.10. The Morgan fingerprint density at radius 3 is 2.73 bits per heavy atom. The van der Waals surface area contributed by atoms with Crippen molar-refractivity contribution in [3.8, 4) is 17.5 Å². The van der Waals surface area contributed by atoms with E-state index in [1.165, 1.54) is 0 Å². The van der Waals surface area contributed by atoms with Gasteiger partial charge in [0.25, 0.3) is 5.91 Å². The molecule has 7 heteroatoms. The molecule has 0 radical (unpaired) electrons. The summed E-state index contributed by atoms with van der Waals surface area (Å²) in [6.07, 6.45) is 3.37. The summed E-state index contributed by atoms with van der Waals surface area (Å²) in [5, 5.41) is 19.6. The van der Waals surface area contributed by atoms with Gasteiger partial charge in [0.2, 0.25) is 0 Å². The van der Waals surface area contributed by atoms with Crippen LogP contribution in [-0.4, -0.2) is 27.5 Å². The first kappa shape index (κ1) is 17.2. The minimum atomic E-state index is -0.259. The van der Waals surface area contributed by atoms with Crippen molar-refractivity contribution in [1.82, 2.24) is 20.3 Å². The lowest BCUT2D eigenvalue weighted by Gasteiger charge is -2.15. The minimum Gasteiger partial charge on any atom is -0.482 e. The van der Waals surface area contributed by atoms with Crippen molar-refractivity contribution in [3.63, 3.8) is 0 Å². The number of nitrogens with zero attached hydrogens (tertiary/aromatic N) is 4. The smallest absolute Gasteiger partial charge is 0.258 e.